The first-order chi connectivity index (χ1) is 5.24. The van der Waals surface area contributed by atoms with Crippen LogP contribution in [0.3, 0.4) is 0 Å². The number of nitrogens with two attached hydrogens (primary N) is 1. The van der Waals surface area contributed by atoms with E-state index in [1.54, 1.807) is 0 Å². The Morgan fingerprint density at radius 1 is 1.55 bits per heavy atom. The minimum absolute atomic E-state index is 0.170. The fourth-order valence-corrected chi connectivity index (χ4v) is 0.682. The zero-order valence-electron chi connectivity index (χ0n) is 5.57. The molecule has 1 heterocycles. The Morgan fingerprint density at radius 3 is 2.55 bits per heavy atom. The fraction of sp³-hybridized carbons (Fsp3) is 0.167. The van der Waals surface area contributed by atoms with Gasteiger partial charge in [-0.15, -0.1) is 11.6 Å². The Hall–Kier alpha value is -1.16. The summed E-state index contributed by atoms with van der Waals surface area (Å²) in [4.78, 5) is 17.5. The molecule has 1 atom stereocenters. The Morgan fingerprint density at radius 2 is 2.09 bits per heavy atom. The SMILES string of the molecule is Nc1ncc(C(Cl)C=O)cn1. The van der Waals surface area contributed by atoms with Gasteiger partial charge in [-0.05, 0) is 0 Å². The van der Waals surface area contributed by atoms with E-state index in [1.807, 2.05) is 0 Å². The molecular weight excluding hydrogens is 166 g/mol. The highest BCUT2D eigenvalue weighted by atomic mass is 35.5. The van der Waals surface area contributed by atoms with Crippen molar-refractivity contribution >= 4 is 23.8 Å². The topological polar surface area (TPSA) is 68.9 Å². The number of nitrogen functional groups attached to an aromatic ring is 1. The lowest BCUT2D eigenvalue weighted by atomic mass is 10.3. The molecule has 0 aliphatic heterocycles. The van der Waals surface area contributed by atoms with Crippen molar-refractivity contribution in [1.82, 2.24) is 9.97 Å². The van der Waals surface area contributed by atoms with Crippen LogP contribution in [0.5, 0.6) is 0 Å². The molecular formula is C6H6ClN3O. The third-order valence-corrected chi connectivity index (χ3v) is 1.48. The average molecular weight is 172 g/mol. The summed E-state index contributed by atoms with van der Waals surface area (Å²) in [7, 11) is 0. The van der Waals surface area contributed by atoms with Gasteiger partial charge in [-0.25, -0.2) is 9.97 Å². The van der Waals surface area contributed by atoms with Crippen LogP contribution >= 0.6 is 11.6 Å². The maximum Gasteiger partial charge on any atom is 0.219 e. The normalized spacial score (nSPS) is 12.5. The van der Waals surface area contributed by atoms with Gasteiger partial charge in [-0.3, -0.25) is 0 Å². The average Bonchev–Trinajstić information content (AvgIpc) is 2.05. The van der Waals surface area contributed by atoms with E-state index in [-0.39, 0.29) is 5.95 Å². The Kier molecular flexibility index (Phi) is 2.38. The van der Waals surface area contributed by atoms with E-state index in [0.717, 1.165) is 0 Å². The molecule has 58 valence electrons. The molecule has 0 radical (unpaired) electrons. The fourth-order valence-electron chi connectivity index (χ4n) is 0.569. The van der Waals surface area contributed by atoms with Crippen molar-refractivity contribution < 1.29 is 4.79 Å². The van der Waals surface area contributed by atoms with Crippen molar-refractivity contribution in [1.29, 1.82) is 0 Å². The van der Waals surface area contributed by atoms with Gasteiger partial charge in [-0.1, -0.05) is 0 Å². The van der Waals surface area contributed by atoms with E-state index in [1.165, 1.54) is 12.4 Å². The van der Waals surface area contributed by atoms with Gasteiger partial charge in [0.05, 0.1) is 0 Å². The largest absolute Gasteiger partial charge is 0.368 e. The van der Waals surface area contributed by atoms with E-state index >= 15 is 0 Å². The lowest BCUT2D eigenvalue weighted by molar-refractivity contribution is -0.107. The maximum absolute atomic E-state index is 10.2. The number of nitrogens with zero attached hydrogens (tertiary/aromatic N) is 2. The summed E-state index contributed by atoms with van der Waals surface area (Å²) in [6, 6.07) is 0. The van der Waals surface area contributed by atoms with Gasteiger partial charge in [0.15, 0.2) is 0 Å². The minimum atomic E-state index is -0.685. The molecule has 5 heteroatoms. The Labute approximate surface area is 68.4 Å². The van der Waals surface area contributed by atoms with Crippen LogP contribution in [-0.2, 0) is 4.79 Å². The number of hydrogen-bond donors (Lipinski definition) is 1. The van der Waals surface area contributed by atoms with Crippen LogP contribution in [0.4, 0.5) is 5.95 Å². The predicted molar refractivity (Wildman–Crippen MR) is 41.1 cm³/mol. The van der Waals surface area contributed by atoms with Crippen LogP contribution in [0.25, 0.3) is 0 Å². The van der Waals surface area contributed by atoms with Crippen molar-refractivity contribution in [3.05, 3.63) is 18.0 Å². The predicted octanol–water partition coefficient (Wildman–Crippen LogP) is 0.538. The molecule has 2 N–H and O–H groups in total. The summed E-state index contributed by atoms with van der Waals surface area (Å²) >= 11 is 5.55. The minimum Gasteiger partial charge on any atom is -0.368 e. The highest BCUT2D eigenvalue weighted by molar-refractivity contribution is 6.27. The summed E-state index contributed by atoms with van der Waals surface area (Å²) in [6.45, 7) is 0. The monoisotopic (exact) mass is 171 g/mol. The molecule has 1 rings (SSSR count). The van der Waals surface area contributed by atoms with Crippen LogP contribution in [0.15, 0.2) is 12.4 Å². The molecule has 1 aromatic rings. The number of carbonyl (C=O) groups excluding carboxylic acids is 1. The summed E-state index contributed by atoms with van der Waals surface area (Å²) in [5, 5.41) is -0.685. The van der Waals surface area contributed by atoms with Crippen LogP contribution in [-0.4, -0.2) is 16.3 Å². The molecule has 0 saturated carbocycles. The lowest BCUT2D eigenvalue weighted by Gasteiger charge is -1.98. The Bertz CT molecular complexity index is 249. The quantitative estimate of drug-likeness (QED) is 0.521. The molecule has 0 aliphatic rings. The molecule has 0 fully saturated rings. The summed E-state index contributed by atoms with van der Waals surface area (Å²) in [5.41, 5.74) is 5.77. The zero-order valence-corrected chi connectivity index (χ0v) is 6.32. The molecule has 0 bridgehead atoms. The zero-order chi connectivity index (χ0) is 8.27. The van der Waals surface area contributed by atoms with Gasteiger partial charge in [0, 0.05) is 18.0 Å². The number of halogens is 1. The molecule has 0 spiro atoms. The third kappa shape index (κ3) is 1.88. The smallest absolute Gasteiger partial charge is 0.219 e. The maximum atomic E-state index is 10.2. The van der Waals surface area contributed by atoms with Gasteiger partial charge in [0.1, 0.15) is 11.7 Å². The molecule has 11 heavy (non-hydrogen) atoms. The van der Waals surface area contributed by atoms with E-state index in [2.05, 4.69) is 9.97 Å². The van der Waals surface area contributed by atoms with Gasteiger partial charge in [-0.2, -0.15) is 0 Å². The molecule has 0 saturated heterocycles. The van der Waals surface area contributed by atoms with Crippen molar-refractivity contribution in [2.24, 2.45) is 0 Å². The summed E-state index contributed by atoms with van der Waals surface area (Å²) in [6.07, 6.45) is 3.46. The van der Waals surface area contributed by atoms with E-state index in [9.17, 15) is 4.79 Å². The second-order valence-corrected chi connectivity index (χ2v) is 2.38. The number of alkyl halides is 1. The van der Waals surface area contributed by atoms with Gasteiger partial charge in [0.25, 0.3) is 0 Å². The molecule has 0 aromatic carbocycles. The van der Waals surface area contributed by atoms with Crippen molar-refractivity contribution in [2.45, 2.75) is 5.38 Å². The van der Waals surface area contributed by atoms with Crippen LogP contribution in [0.2, 0.25) is 0 Å². The second kappa shape index (κ2) is 3.30. The first-order valence-corrected chi connectivity index (χ1v) is 3.34. The number of anilines is 1. The number of carbonyl (C=O) groups is 1. The Balaban J connectivity index is 2.89. The first kappa shape index (κ1) is 7.94. The molecule has 0 aliphatic carbocycles. The summed E-state index contributed by atoms with van der Waals surface area (Å²) < 4.78 is 0. The van der Waals surface area contributed by atoms with Crippen LogP contribution in [0, 0.1) is 0 Å². The van der Waals surface area contributed by atoms with Gasteiger partial charge < -0.3 is 10.5 Å². The molecule has 4 nitrogen and oxygen atoms in total. The number of aromatic nitrogens is 2. The number of rotatable bonds is 2. The van der Waals surface area contributed by atoms with Crippen molar-refractivity contribution in [3.63, 3.8) is 0 Å². The lowest BCUT2D eigenvalue weighted by Crippen LogP contribution is -1.98. The van der Waals surface area contributed by atoms with Gasteiger partial charge in [0.2, 0.25) is 5.95 Å². The van der Waals surface area contributed by atoms with Crippen LogP contribution in [0.1, 0.15) is 10.9 Å². The number of aldehydes is 1. The van der Waals surface area contributed by atoms with E-state index in [4.69, 9.17) is 17.3 Å². The van der Waals surface area contributed by atoms with Crippen LogP contribution < -0.4 is 5.73 Å². The molecule has 0 amide bonds. The standard InChI is InChI=1S/C6H6ClN3O/c7-5(3-11)4-1-9-6(8)10-2-4/h1-3,5H,(H2,8,9,10). The molecule has 1 aromatic heterocycles. The number of hydrogen-bond acceptors (Lipinski definition) is 4. The van der Waals surface area contributed by atoms with Gasteiger partial charge >= 0.3 is 0 Å². The van der Waals surface area contributed by atoms with E-state index < -0.39 is 5.38 Å². The van der Waals surface area contributed by atoms with E-state index in [0.29, 0.717) is 11.8 Å². The molecule has 1 unspecified atom stereocenters. The van der Waals surface area contributed by atoms with Crippen molar-refractivity contribution in [2.75, 3.05) is 5.73 Å². The first-order valence-electron chi connectivity index (χ1n) is 2.91. The van der Waals surface area contributed by atoms with Crippen molar-refractivity contribution in [3.8, 4) is 0 Å². The highest BCUT2D eigenvalue weighted by Crippen LogP contribution is 2.15. The summed E-state index contributed by atoms with van der Waals surface area (Å²) in [5.74, 6) is 0.170. The third-order valence-electron chi connectivity index (χ3n) is 1.13. The highest BCUT2D eigenvalue weighted by Gasteiger charge is 2.05. The second-order valence-electron chi connectivity index (χ2n) is 1.91.